The minimum atomic E-state index is -0.266. The van der Waals surface area contributed by atoms with Gasteiger partial charge in [0.05, 0.1) is 18.7 Å². The fourth-order valence-electron chi connectivity index (χ4n) is 3.71. The summed E-state index contributed by atoms with van der Waals surface area (Å²) in [7, 11) is 0. The van der Waals surface area contributed by atoms with Gasteiger partial charge in [-0.15, -0.1) is 0 Å². The molecule has 0 saturated carbocycles. The highest BCUT2D eigenvalue weighted by Gasteiger charge is 2.11. The molecule has 0 aliphatic carbocycles. The molecule has 1 saturated heterocycles. The van der Waals surface area contributed by atoms with Gasteiger partial charge in [-0.1, -0.05) is 30.3 Å². The lowest BCUT2D eigenvalue weighted by Crippen LogP contribution is -2.36. The molecular weight excluding hydrogens is 379 g/mol. The number of hydrogen-bond donors (Lipinski definition) is 1. The van der Waals surface area contributed by atoms with E-state index in [4.69, 9.17) is 9.72 Å². The van der Waals surface area contributed by atoms with E-state index < -0.39 is 0 Å². The van der Waals surface area contributed by atoms with Gasteiger partial charge in [-0.25, -0.2) is 14.4 Å². The highest BCUT2D eigenvalue weighted by atomic mass is 19.1. The predicted octanol–water partition coefficient (Wildman–Crippen LogP) is 5.02. The number of hydrogen-bond acceptors (Lipinski definition) is 5. The Morgan fingerprint density at radius 3 is 2.53 bits per heavy atom. The Hall–Kier alpha value is -3.51. The van der Waals surface area contributed by atoms with Crippen LogP contribution in [-0.2, 0) is 4.74 Å². The van der Waals surface area contributed by atoms with Crippen molar-refractivity contribution in [1.29, 1.82) is 0 Å². The summed E-state index contributed by atoms with van der Waals surface area (Å²) in [5.74, 6) is 0.239. The van der Waals surface area contributed by atoms with Gasteiger partial charge in [0, 0.05) is 41.6 Å². The van der Waals surface area contributed by atoms with Gasteiger partial charge >= 0.3 is 0 Å². The molecule has 0 amide bonds. The van der Waals surface area contributed by atoms with Crippen LogP contribution in [0, 0.1) is 5.82 Å². The van der Waals surface area contributed by atoms with Gasteiger partial charge in [0.25, 0.3) is 0 Å². The fourth-order valence-corrected chi connectivity index (χ4v) is 3.71. The van der Waals surface area contributed by atoms with E-state index in [-0.39, 0.29) is 5.82 Å². The summed E-state index contributed by atoms with van der Waals surface area (Å²) in [6.45, 7) is 3.34. The maximum absolute atomic E-state index is 13.7. The first-order valence-electron chi connectivity index (χ1n) is 9.98. The van der Waals surface area contributed by atoms with Crippen LogP contribution in [0.25, 0.3) is 22.0 Å². The second-order valence-electron chi connectivity index (χ2n) is 7.22. The van der Waals surface area contributed by atoms with E-state index in [9.17, 15) is 4.39 Å². The summed E-state index contributed by atoms with van der Waals surface area (Å²) in [5, 5.41) is 4.18. The van der Waals surface area contributed by atoms with E-state index in [1.807, 2.05) is 36.4 Å². The van der Waals surface area contributed by atoms with Gasteiger partial charge in [0.2, 0.25) is 5.95 Å². The molecule has 0 radical (unpaired) electrons. The normalized spacial score (nSPS) is 14.1. The van der Waals surface area contributed by atoms with Crippen LogP contribution in [0.3, 0.4) is 0 Å². The zero-order valence-electron chi connectivity index (χ0n) is 16.4. The van der Waals surface area contributed by atoms with Crippen LogP contribution < -0.4 is 10.2 Å². The van der Waals surface area contributed by atoms with Crippen LogP contribution in [0.4, 0.5) is 21.7 Å². The number of halogens is 1. The minimum absolute atomic E-state index is 0.266. The second-order valence-corrected chi connectivity index (χ2v) is 7.22. The van der Waals surface area contributed by atoms with E-state index in [1.54, 1.807) is 12.3 Å². The molecule has 2 heterocycles. The van der Waals surface area contributed by atoms with Gasteiger partial charge in [0.1, 0.15) is 5.82 Å². The van der Waals surface area contributed by atoms with E-state index in [0.29, 0.717) is 5.95 Å². The number of morpholine rings is 1. The van der Waals surface area contributed by atoms with Crippen molar-refractivity contribution < 1.29 is 9.13 Å². The molecule has 0 atom stereocenters. The lowest BCUT2D eigenvalue weighted by atomic mass is 10.0. The Balaban J connectivity index is 1.43. The molecule has 5 nitrogen and oxygen atoms in total. The maximum atomic E-state index is 13.7. The Morgan fingerprint density at radius 1 is 0.933 bits per heavy atom. The summed E-state index contributed by atoms with van der Waals surface area (Å²) in [6.07, 6.45) is 1.79. The zero-order valence-corrected chi connectivity index (χ0v) is 16.4. The molecule has 6 heteroatoms. The standard InChI is InChI=1S/C24H21FN4O/c25-19-5-1-3-17(15-19)22-6-2-4-18-16-26-24(28-23(18)22)27-20-7-9-21(10-8-20)29-11-13-30-14-12-29/h1-10,15-16H,11-14H2,(H,26,27,28). The summed E-state index contributed by atoms with van der Waals surface area (Å²) in [4.78, 5) is 11.5. The van der Waals surface area contributed by atoms with Crippen LogP contribution in [0.1, 0.15) is 0 Å². The number of nitrogens with zero attached hydrogens (tertiary/aromatic N) is 3. The molecule has 1 N–H and O–H groups in total. The van der Waals surface area contributed by atoms with Crippen molar-refractivity contribution in [1.82, 2.24) is 9.97 Å². The highest BCUT2D eigenvalue weighted by Crippen LogP contribution is 2.29. The smallest absolute Gasteiger partial charge is 0.227 e. The summed E-state index contributed by atoms with van der Waals surface area (Å²) < 4.78 is 19.1. The topological polar surface area (TPSA) is 50.3 Å². The third kappa shape index (κ3) is 3.82. The van der Waals surface area contributed by atoms with Gasteiger partial charge in [-0.2, -0.15) is 0 Å². The molecular formula is C24H21FN4O. The predicted molar refractivity (Wildman–Crippen MR) is 118 cm³/mol. The molecule has 1 fully saturated rings. The number of aromatic nitrogens is 2. The van der Waals surface area contributed by atoms with E-state index in [2.05, 4.69) is 27.3 Å². The van der Waals surface area contributed by atoms with Gasteiger partial charge in [-0.3, -0.25) is 0 Å². The van der Waals surface area contributed by atoms with Crippen LogP contribution >= 0.6 is 0 Å². The molecule has 0 bridgehead atoms. The zero-order chi connectivity index (χ0) is 20.3. The average Bonchev–Trinajstić information content (AvgIpc) is 2.80. The van der Waals surface area contributed by atoms with Crippen LogP contribution in [0.5, 0.6) is 0 Å². The van der Waals surface area contributed by atoms with E-state index >= 15 is 0 Å². The molecule has 3 aromatic carbocycles. The van der Waals surface area contributed by atoms with Crippen LogP contribution in [0.2, 0.25) is 0 Å². The first-order valence-corrected chi connectivity index (χ1v) is 9.98. The molecule has 1 aromatic heterocycles. The molecule has 0 unspecified atom stereocenters. The number of para-hydroxylation sites is 1. The number of anilines is 3. The van der Waals surface area contributed by atoms with Gasteiger partial charge < -0.3 is 15.0 Å². The second kappa shape index (κ2) is 8.08. The van der Waals surface area contributed by atoms with Gasteiger partial charge in [0.15, 0.2) is 0 Å². The molecule has 150 valence electrons. The SMILES string of the molecule is Fc1cccc(-c2cccc3cnc(Nc4ccc(N5CCOCC5)cc4)nc23)c1. The van der Waals surface area contributed by atoms with Crippen LogP contribution in [0.15, 0.2) is 72.9 Å². The summed E-state index contributed by atoms with van der Waals surface area (Å²) in [5.41, 5.74) is 4.54. The van der Waals surface area contributed by atoms with Crippen molar-refractivity contribution in [2.75, 3.05) is 36.5 Å². The first kappa shape index (κ1) is 18.5. The first-order chi connectivity index (χ1) is 14.8. The van der Waals surface area contributed by atoms with Crippen molar-refractivity contribution in [2.24, 2.45) is 0 Å². The Labute approximate surface area is 174 Å². The summed E-state index contributed by atoms with van der Waals surface area (Å²) >= 11 is 0. The number of ether oxygens (including phenoxy) is 1. The maximum Gasteiger partial charge on any atom is 0.227 e. The fraction of sp³-hybridized carbons (Fsp3) is 0.167. The largest absolute Gasteiger partial charge is 0.378 e. The number of rotatable bonds is 4. The lowest BCUT2D eigenvalue weighted by Gasteiger charge is -2.28. The van der Waals surface area contributed by atoms with E-state index in [0.717, 1.165) is 54.0 Å². The highest BCUT2D eigenvalue weighted by molar-refractivity contribution is 5.93. The third-order valence-electron chi connectivity index (χ3n) is 5.25. The van der Waals surface area contributed by atoms with Crippen molar-refractivity contribution in [3.63, 3.8) is 0 Å². The lowest BCUT2D eigenvalue weighted by molar-refractivity contribution is 0.122. The van der Waals surface area contributed by atoms with Gasteiger partial charge in [-0.05, 0) is 42.0 Å². The monoisotopic (exact) mass is 400 g/mol. The molecule has 1 aliphatic heterocycles. The molecule has 5 rings (SSSR count). The number of nitrogens with one attached hydrogen (secondary N) is 1. The third-order valence-corrected chi connectivity index (χ3v) is 5.25. The Bertz CT molecular complexity index is 1170. The molecule has 1 aliphatic rings. The average molecular weight is 400 g/mol. The van der Waals surface area contributed by atoms with Crippen molar-refractivity contribution in [3.05, 3.63) is 78.7 Å². The Kier molecular flexibility index (Phi) is 4.99. The number of fused-ring (bicyclic) bond motifs is 1. The molecule has 0 spiro atoms. The molecule has 4 aromatic rings. The van der Waals surface area contributed by atoms with E-state index in [1.165, 1.54) is 17.8 Å². The quantitative estimate of drug-likeness (QED) is 0.522. The molecule has 30 heavy (non-hydrogen) atoms. The summed E-state index contributed by atoms with van der Waals surface area (Å²) in [6, 6.07) is 20.6. The van der Waals surface area contributed by atoms with Crippen molar-refractivity contribution in [3.8, 4) is 11.1 Å². The number of benzene rings is 3. The van der Waals surface area contributed by atoms with Crippen molar-refractivity contribution >= 4 is 28.2 Å². The Morgan fingerprint density at radius 2 is 1.73 bits per heavy atom. The van der Waals surface area contributed by atoms with Crippen LogP contribution in [-0.4, -0.2) is 36.3 Å². The minimum Gasteiger partial charge on any atom is -0.378 e. The van der Waals surface area contributed by atoms with Crippen molar-refractivity contribution in [2.45, 2.75) is 0 Å².